The van der Waals surface area contributed by atoms with Gasteiger partial charge in [-0.3, -0.25) is 18.7 Å². The predicted octanol–water partition coefficient (Wildman–Crippen LogP) is 9.46. The van der Waals surface area contributed by atoms with Gasteiger partial charge in [0.2, 0.25) is 11.9 Å². The van der Waals surface area contributed by atoms with E-state index in [1.54, 1.807) is 75.1 Å². The maximum atomic E-state index is 14.4. The molecule has 2 aliphatic heterocycles. The molecule has 0 unspecified atom stereocenters. The van der Waals surface area contributed by atoms with Gasteiger partial charge in [-0.2, -0.15) is 9.97 Å². The average molecular weight is 1030 g/mol. The molecule has 2 saturated heterocycles. The normalized spacial score (nSPS) is 14.2. The Morgan fingerprint density at radius 3 is 1.37 bits per heavy atom. The van der Waals surface area contributed by atoms with Crippen molar-refractivity contribution in [2.75, 3.05) is 92.2 Å². The molecular formula is C57H61N11O8. The second-order valence-electron chi connectivity index (χ2n) is 20.6. The largest absolute Gasteiger partial charge is 0.494 e. The minimum absolute atomic E-state index is 0.214. The van der Waals surface area contributed by atoms with Gasteiger partial charge in [0.15, 0.2) is 11.3 Å². The van der Waals surface area contributed by atoms with Gasteiger partial charge < -0.3 is 44.5 Å². The van der Waals surface area contributed by atoms with E-state index in [9.17, 15) is 19.5 Å². The van der Waals surface area contributed by atoms with Crippen molar-refractivity contribution in [3.8, 4) is 22.9 Å². The van der Waals surface area contributed by atoms with E-state index in [1.165, 1.54) is 26.2 Å². The molecule has 0 saturated carbocycles. The summed E-state index contributed by atoms with van der Waals surface area (Å²) in [5.41, 5.74) is 4.04. The third-order valence-electron chi connectivity index (χ3n) is 13.6. The molecule has 10 rings (SSSR count). The Morgan fingerprint density at radius 2 is 1.00 bits per heavy atom. The highest BCUT2D eigenvalue weighted by Crippen LogP contribution is 2.45. The van der Waals surface area contributed by atoms with Gasteiger partial charge in [-0.1, -0.05) is 53.7 Å². The number of amides is 1. The van der Waals surface area contributed by atoms with Gasteiger partial charge in [-0.25, -0.2) is 19.7 Å². The number of fused-ring (bicyclic) bond motifs is 2. The maximum absolute atomic E-state index is 14.4. The first kappa shape index (κ1) is 51.0. The minimum Gasteiger partial charge on any atom is -0.494 e. The van der Waals surface area contributed by atoms with Crippen LogP contribution in [-0.2, 0) is 20.3 Å². The van der Waals surface area contributed by atoms with Gasteiger partial charge in [-0.05, 0) is 71.5 Å². The summed E-state index contributed by atoms with van der Waals surface area (Å²) < 4.78 is 25.7. The van der Waals surface area contributed by atoms with Gasteiger partial charge in [0.1, 0.15) is 11.5 Å². The minimum atomic E-state index is -1.29. The molecular weight excluding hydrogens is 967 g/mol. The summed E-state index contributed by atoms with van der Waals surface area (Å²) in [7, 11) is 3.20. The van der Waals surface area contributed by atoms with E-state index in [2.05, 4.69) is 30.4 Å². The number of pyridine rings is 2. The standard InChI is InChI=1S/C57H61N11O8/c1-56(2,3)49-41(11-9-13-43(49)67-47(69)21-15-35-33-58-53(62-51(35)67)60-39-19-17-37(31-45(39)73-7)64-23-27-75-28-24-64)66(55(71)72)42-12-10-14-44(50(42)57(4,5)6)68-48(70)22-16-36-34-59-54(63-52(36)68)61-40-20-18-38(32-46(40)74-8)65-25-29-76-30-26-65/h9-22,31-34H,23-30H2,1-8H3,(H,71,72)(H,58,60,62)(H,59,61,63). The number of hydrogen-bond donors (Lipinski definition) is 3. The Bertz CT molecular complexity index is 3400. The van der Waals surface area contributed by atoms with Crippen LogP contribution in [0, 0.1) is 0 Å². The third kappa shape index (κ3) is 9.93. The number of nitrogens with zero attached hydrogens (tertiary/aromatic N) is 9. The van der Waals surface area contributed by atoms with Crippen molar-refractivity contribution in [2.45, 2.75) is 52.4 Å². The molecule has 19 nitrogen and oxygen atoms in total. The van der Waals surface area contributed by atoms with Gasteiger partial charge >= 0.3 is 6.09 Å². The molecule has 0 spiro atoms. The van der Waals surface area contributed by atoms with Gasteiger partial charge in [0, 0.05) is 96.1 Å². The Labute approximate surface area is 439 Å². The first-order valence-corrected chi connectivity index (χ1v) is 25.2. The van der Waals surface area contributed by atoms with Crippen LogP contribution in [0.25, 0.3) is 33.4 Å². The Kier molecular flexibility index (Phi) is 13.8. The van der Waals surface area contributed by atoms with Crippen LogP contribution >= 0.6 is 0 Å². The zero-order valence-corrected chi connectivity index (χ0v) is 43.9. The molecule has 3 N–H and O–H groups in total. The lowest BCUT2D eigenvalue weighted by atomic mass is 9.82. The summed E-state index contributed by atoms with van der Waals surface area (Å²) in [6.45, 7) is 17.4. The lowest BCUT2D eigenvalue weighted by Crippen LogP contribution is -2.36. The molecule has 2 fully saturated rings. The van der Waals surface area contributed by atoms with Crippen molar-refractivity contribution < 1.29 is 28.8 Å². The van der Waals surface area contributed by atoms with Gasteiger partial charge in [0.05, 0.1) is 74.8 Å². The Balaban J connectivity index is 1.08. The summed E-state index contributed by atoms with van der Waals surface area (Å²) in [6.07, 6.45) is 1.99. The van der Waals surface area contributed by atoms with E-state index in [0.717, 1.165) is 37.6 Å². The van der Waals surface area contributed by atoms with E-state index in [0.29, 0.717) is 105 Å². The summed E-state index contributed by atoms with van der Waals surface area (Å²) in [5, 5.41) is 19.3. The number of rotatable bonds is 12. The summed E-state index contributed by atoms with van der Waals surface area (Å²) in [6, 6.07) is 28.5. The lowest BCUT2D eigenvalue weighted by Gasteiger charge is -2.35. The van der Waals surface area contributed by atoms with Crippen LogP contribution in [0.2, 0.25) is 0 Å². The second kappa shape index (κ2) is 20.6. The number of aromatic nitrogens is 6. The molecule has 2 aliphatic rings. The van der Waals surface area contributed by atoms with Crippen LogP contribution in [0.5, 0.6) is 11.5 Å². The highest BCUT2D eigenvalue weighted by molar-refractivity contribution is 5.99. The van der Waals surface area contributed by atoms with Crippen LogP contribution in [0.4, 0.5) is 50.8 Å². The summed E-state index contributed by atoms with van der Waals surface area (Å²) in [4.78, 5) is 67.7. The van der Waals surface area contributed by atoms with Crippen molar-refractivity contribution in [3.63, 3.8) is 0 Å². The number of ether oxygens (including phenoxy) is 4. The van der Waals surface area contributed by atoms with Crippen LogP contribution in [0.3, 0.4) is 0 Å². The average Bonchev–Trinajstić information content (AvgIpc) is 3.49. The number of carbonyl (C=O) groups is 1. The third-order valence-corrected chi connectivity index (χ3v) is 13.6. The molecule has 4 aromatic heterocycles. The van der Waals surface area contributed by atoms with E-state index in [4.69, 9.17) is 28.9 Å². The first-order valence-electron chi connectivity index (χ1n) is 25.2. The topological polar surface area (TPSA) is 204 Å². The smallest absolute Gasteiger partial charge is 0.416 e. The second-order valence-corrected chi connectivity index (χ2v) is 20.6. The molecule has 392 valence electrons. The summed E-state index contributed by atoms with van der Waals surface area (Å²) in [5.74, 6) is 1.59. The zero-order valence-electron chi connectivity index (χ0n) is 43.9. The fraction of sp³-hybridized carbons (Fsp3) is 0.316. The van der Waals surface area contributed by atoms with Gasteiger partial charge in [-0.15, -0.1) is 0 Å². The number of anilines is 8. The Morgan fingerprint density at radius 1 is 0.592 bits per heavy atom. The van der Waals surface area contributed by atoms with Crippen LogP contribution < -0.4 is 45.9 Å². The molecule has 0 radical (unpaired) electrons. The molecule has 6 heterocycles. The zero-order chi connectivity index (χ0) is 53.5. The molecule has 0 bridgehead atoms. The number of benzene rings is 4. The fourth-order valence-electron chi connectivity index (χ4n) is 10.1. The molecule has 76 heavy (non-hydrogen) atoms. The first-order chi connectivity index (χ1) is 36.5. The SMILES string of the molecule is COc1cc(N2CCOCC2)ccc1Nc1ncc2ccc(=O)n(-c3cccc(N(C(=O)O)c4cccc(-n5c(=O)ccc6cnc(Nc7ccc(N8CCOCC8)cc7OC)nc65)c4C(C)(C)C)c3C(C)(C)C)c2n1. The number of methoxy groups -OCH3 is 2. The van der Waals surface area contributed by atoms with E-state index < -0.39 is 16.9 Å². The lowest BCUT2D eigenvalue weighted by molar-refractivity contribution is 0.122. The van der Waals surface area contributed by atoms with Crippen molar-refractivity contribution in [1.82, 2.24) is 29.1 Å². The predicted molar refractivity (Wildman–Crippen MR) is 296 cm³/mol. The number of nitrogens with one attached hydrogen (secondary N) is 2. The molecule has 19 heteroatoms. The van der Waals surface area contributed by atoms with Crippen molar-refractivity contribution in [3.05, 3.63) is 141 Å². The number of morpholine rings is 2. The van der Waals surface area contributed by atoms with E-state index in [-0.39, 0.29) is 23.0 Å². The monoisotopic (exact) mass is 1030 g/mol. The van der Waals surface area contributed by atoms with Crippen LogP contribution in [-0.4, -0.2) is 107 Å². The fourth-order valence-corrected chi connectivity index (χ4v) is 10.1. The molecule has 1 amide bonds. The molecule has 8 aromatic rings. The molecule has 4 aromatic carbocycles. The van der Waals surface area contributed by atoms with Crippen LogP contribution in [0.1, 0.15) is 52.7 Å². The van der Waals surface area contributed by atoms with Crippen molar-refractivity contribution in [2.24, 2.45) is 0 Å². The highest BCUT2D eigenvalue weighted by Gasteiger charge is 2.35. The van der Waals surface area contributed by atoms with Gasteiger partial charge in [0.25, 0.3) is 11.1 Å². The van der Waals surface area contributed by atoms with Crippen molar-refractivity contribution in [1.29, 1.82) is 0 Å². The molecule has 0 atom stereocenters. The van der Waals surface area contributed by atoms with Crippen LogP contribution in [0.15, 0.2) is 119 Å². The van der Waals surface area contributed by atoms with Crippen molar-refractivity contribution >= 4 is 74.2 Å². The molecule has 0 aliphatic carbocycles. The van der Waals surface area contributed by atoms with E-state index >= 15 is 0 Å². The van der Waals surface area contributed by atoms with E-state index in [1.807, 2.05) is 77.9 Å². The maximum Gasteiger partial charge on any atom is 0.416 e. The quantitative estimate of drug-likeness (QED) is 0.104. The summed E-state index contributed by atoms with van der Waals surface area (Å²) >= 11 is 0. The number of carboxylic acid groups (broad SMARTS) is 1. The highest BCUT2D eigenvalue weighted by atomic mass is 16.5. The Hall–Kier alpha value is -8.55. The number of hydrogen-bond acceptors (Lipinski definition) is 15.